The highest BCUT2D eigenvalue weighted by molar-refractivity contribution is 8.15. The van der Waals surface area contributed by atoms with Gasteiger partial charge < -0.3 is 14.8 Å². The van der Waals surface area contributed by atoms with Gasteiger partial charge in [0.05, 0.1) is 19.8 Å². The van der Waals surface area contributed by atoms with E-state index in [0.717, 1.165) is 11.3 Å². The van der Waals surface area contributed by atoms with E-state index < -0.39 is 9.05 Å². The van der Waals surface area contributed by atoms with Crippen LogP contribution in [0.4, 0.5) is 0 Å². The highest BCUT2D eigenvalue weighted by atomic mass is 35.7. The molecule has 1 heterocycles. The Balaban J connectivity index is 2.32. The molecule has 0 aliphatic heterocycles. The molecule has 0 bridgehead atoms. The summed E-state index contributed by atoms with van der Waals surface area (Å²) in [7, 11) is 3.04. The number of carbonyl (C=O) groups is 1. The first-order valence-corrected chi connectivity index (χ1v) is 8.43. The van der Waals surface area contributed by atoms with Crippen molar-refractivity contribution in [2.75, 3.05) is 26.9 Å². The van der Waals surface area contributed by atoms with E-state index in [1.54, 1.807) is 13.2 Å². The average molecular weight is 328 g/mol. The van der Waals surface area contributed by atoms with Gasteiger partial charge in [0.1, 0.15) is 10.8 Å². The van der Waals surface area contributed by atoms with Gasteiger partial charge in [0.25, 0.3) is 9.05 Å². The van der Waals surface area contributed by atoms with Gasteiger partial charge in [-0.3, -0.25) is 4.79 Å². The van der Waals surface area contributed by atoms with Crippen molar-refractivity contribution in [1.82, 2.24) is 5.32 Å². The van der Waals surface area contributed by atoms with Crippen LogP contribution in [-0.4, -0.2) is 41.3 Å². The number of ether oxygens (including phenoxy) is 2. The first-order valence-electron chi connectivity index (χ1n) is 5.30. The fraction of sp³-hybridized carbons (Fsp3) is 0.500. The fourth-order valence-corrected chi connectivity index (χ4v) is 3.19. The van der Waals surface area contributed by atoms with Crippen LogP contribution < -0.4 is 5.32 Å². The molecule has 0 atom stereocenters. The number of amides is 1. The van der Waals surface area contributed by atoms with E-state index in [1.807, 2.05) is 0 Å². The molecule has 1 aromatic rings. The summed E-state index contributed by atoms with van der Waals surface area (Å²) in [6.07, 6.45) is 0. The standard InChI is InChI=1S/C10H14ClNO5S2/c1-16-4-5-17-7-9(13)12-6-8-2-3-10(18-8)19(11,14)15/h2-3H,4-7H2,1H3,(H,12,13). The minimum Gasteiger partial charge on any atom is -0.382 e. The van der Waals surface area contributed by atoms with Crippen molar-refractivity contribution in [1.29, 1.82) is 0 Å². The van der Waals surface area contributed by atoms with Gasteiger partial charge in [-0.15, -0.1) is 11.3 Å². The van der Waals surface area contributed by atoms with E-state index in [9.17, 15) is 13.2 Å². The monoisotopic (exact) mass is 327 g/mol. The molecule has 0 unspecified atom stereocenters. The van der Waals surface area contributed by atoms with Crippen LogP contribution in [0.2, 0.25) is 0 Å². The van der Waals surface area contributed by atoms with Crippen LogP contribution in [0.15, 0.2) is 16.3 Å². The Morgan fingerprint density at radius 2 is 2.16 bits per heavy atom. The van der Waals surface area contributed by atoms with Gasteiger partial charge in [0.2, 0.25) is 5.91 Å². The van der Waals surface area contributed by atoms with Gasteiger partial charge in [-0.05, 0) is 12.1 Å². The Kier molecular flexibility index (Phi) is 6.73. The summed E-state index contributed by atoms with van der Waals surface area (Å²) in [6.45, 7) is 0.950. The Hall–Kier alpha value is -0.670. The maximum atomic E-state index is 11.4. The molecule has 0 radical (unpaired) electrons. The molecule has 0 fully saturated rings. The van der Waals surface area contributed by atoms with Gasteiger partial charge >= 0.3 is 0 Å². The molecule has 0 saturated heterocycles. The van der Waals surface area contributed by atoms with Crippen LogP contribution >= 0.6 is 22.0 Å². The largest absolute Gasteiger partial charge is 0.382 e. The van der Waals surface area contributed by atoms with Gasteiger partial charge in [0.15, 0.2) is 0 Å². The third-order valence-corrected chi connectivity index (χ3v) is 5.18. The average Bonchev–Trinajstić information content (AvgIpc) is 2.81. The zero-order chi connectivity index (χ0) is 14.3. The van der Waals surface area contributed by atoms with Crippen molar-refractivity contribution in [2.24, 2.45) is 0 Å². The van der Waals surface area contributed by atoms with Crippen molar-refractivity contribution in [3.63, 3.8) is 0 Å². The minimum absolute atomic E-state index is 0.0601. The normalized spacial score (nSPS) is 11.5. The molecule has 9 heteroatoms. The van der Waals surface area contributed by atoms with Crippen molar-refractivity contribution in [3.8, 4) is 0 Å². The van der Waals surface area contributed by atoms with Crippen LogP contribution in [0.3, 0.4) is 0 Å². The quantitative estimate of drug-likeness (QED) is 0.568. The summed E-state index contributed by atoms with van der Waals surface area (Å²) in [5.74, 6) is -0.278. The summed E-state index contributed by atoms with van der Waals surface area (Å²) >= 11 is 1.02. The lowest BCUT2D eigenvalue weighted by atomic mass is 10.4. The number of methoxy groups -OCH3 is 1. The maximum Gasteiger partial charge on any atom is 0.270 e. The summed E-state index contributed by atoms with van der Waals surface area (Å²) in [6, 6.07) is 3.01. The number of carbonyl (C=O) groups excluding carboxylic acids is 1. The van der Waals surface area contributed by atoms with Crippen molar-refractivity contribution in [3.05, 3.63) is 17.0 Å². The predicted molar refractivity (Wildman–Crippen MR) is 71.9 cm³/mol. The van der Waals surface area contributed by atoms with Gasteiger partial charge in [-0.25, -0.2) is 8.42 Å². The molecule has 0 aliphatic rings. The second-order valence-electron chi connectivity index (χ2n) is 3.48. The van der Waals surface area contributed by atoms with Gasteiger partial charge in [0, 0.05) is 22.7 Å². The first-order chi connectivity index (χ1) is 8.93. The summed E-state index contributed by atoms with van der Waals surface area (Å²) in [4.78, 5) is 12.1. The molecule has 0 aromatic carbocycles. The van der Waals surface area contributed by atoms with E-state index in [0.29, 0.717) is 18.1 Å². The molecular formula is C10H14ClNO5S2. The van der Waals surface area contributed by atoms with E-state index >= 15 is 0 Å². The van der Waals surface area contributed by atoms with Crippen LogP contribution in [0.5, 0.6) is 0 Å². The van der Waals surface area contributed by atoms with Gasteiger partial charge in [-0.1, -0.05) is 0 Å². The van der Waals surface area contributed by atoms with Crippen molar-refractivity contribution < 1.29 is 22.7 Å². The Morgan fingerprint density at radius 3 is 2.74 bits per heavy atom. The molecule has 1 N–H and O–H groups in total. The van der Waals surface area contributed by atoms with Crippen molar-refractivity contribution in [2.45, 2.75) is 10.8 Å². The Morgan fingerprint density at radius 1 is 1.42 bits per heavy atom. The molecule has 108 valence electrons. The zero-order valence-corrected chi connectivity index (χ0v) is 12.6. The summed E-state index contributed by atoms with van der Waals surface area (Å²) in [5.41, 5.74) is 0. The fourth-order valence-electron chi connectivity index (χ4n) is 1.13. The lowest BCUT2D eigenvalue weighted by molar-refractivity contribution is -0.126. The lowest BCUT2D eigenvalue weighted by Crippen LogP contribution is -2.27. The Labute approximate surface area is 120 Å². The molecule has 0 spiro atoms. The van der Waals surface area contributed by atoms with Gasteiger partial charge in [-0.2, -0.15) is 0 Å². The Bertz CT molecular complexity index is 514. The second kappa shape index (κ2) is 7.81. The number of hydrogen-bond donors (Lipinski definition) is 1. The lowest BCUT2D eigenvalue weighted by Gasteiger charge is -2.04. The highest BCUT2D eigenvalue weighted by Gasteiger charge is 2.13. The molecule has 1 rings (SSSR count). The predicted octanol–water partition coefficient (Wildman–Crippen LogP) is 0.955. The second-order valence-corrected chi connectivity index (χ2v) is 7.44. The van der Waals surface area contributed by atoms with E-state index in [-0.39, 0.29) is 23.3 Å². The molecule has 0 saturated carbocycles. The SMILES string of the molecule is COCCOCC(=O)NCc1ccc(S(=O)(=O)Cl)s1. The van der Waals surface area contributed by atoms with Crippen molar-refractivity contribution >= 4 is 37.0 Å². The highest BCUT2D eigenvalue weighted by Crippen LogP contribution is 2.24. The van der Waals surface area contributed by atoms with E-state index in [1.165, 1.54) is 6.07 Å². The number of hydrogen-bond acceptors (Lipinski definition) is 6. The smallest absolute Gasteiger partial charge is 0.270 e. The summed E-state index contributed by atoms with van der Waals surface area (Å²) in [5, 5.41) is 2.61. The van der Waals surface area contributed by atoms with Crippen LogP contribution in [0.1, 0.15) is 4.88 Å². The molecule has 1 aromatic heterocycles. The number of halogens is 1. The molecular weight excluding hydrogens is 314 g/mol. The summed E-state index contributed by atoms with van der Waals surface area (Å²) < 4.78 is 31.9. The van der Waals surface area contributed by atoms with E-state index in [4.69, 9.17) is 20.2 Å². The molecule has 1 amide bonds. The van der Waals surface area contributed by atoms with E-state index in [2.05, 4.69) is 5.32 Å². The molecule has 0 aliphatic carbocycles. The molecule has 19 heavy (non-hydrogen) atoms. The third kappa shape index (κ3) is 6.35. The van der Waals surface area contributed by atoms with Crippen LogP contribution in [-0.2, 0) is 29.9 Å². The maximum absolute atomic E-state index is 11.4. The third-order valence-electron chi connectivity index (χ3n) is 2.00. The number of thiophene rings is 1. The molecule has 6 nitrogen and oxygen atoms in total. The number of rotatable bonds is 8. The van der Waals surface area contributed by atoms with Crippen LogP contribution in [0, 0.1) is 0 Å². The topological polar surface area (TPSA) is 81.7 Å². The first kappa shape index (κ1) is 16.4. The van der Waals surface area contributed by atoms with Crippen LogP contribution in [0.25, 0.3) is 0 Å². The minimum atomic E-state index is -3.70. The number of nitrogens with one attached hydrogen (secondary N) is 1. The zero-order valence-electron chi connectivity index (χ0n) is 10.2.